The predicted molar refractivity (Wildman–Crippen MR) is 104 cm³/mol. The van der Waals surface area contributed by atoms with E-state index in [1.165, 1.54) is 24.3 Å². The van der Waals surface area contributed by atoms with Crippen LogP contribution in [0.25, 0.3) is 0 Å². The van der Waals surface area contributed by atoms with E-state index in [-0.39, 0.29) is 22.4 Å². The predicted octanol–water partition coefficient (Wildman–Crippen LogP) is 4.68. The lowest BCUT2D eigenvalue weighted by Gasteiger charge is -2.11. The first-order chi connectivity index (χ1) is 12.8. The third-order valence-electron chi connectivity index (χ3n) is 4.23. The molecule has 0 aliphatic rings. The summed E-state index contributed by atoms with van der Waals surface area (Å²) >= 11 is 0. The van der Waals surface area contributed by atoms with Crippen molar-refractivity contribution in [1.29, 1.82) is 0 Å². The van der Waals surface area contributed by atoms with E-state index in [1.54, 1.807) is 19.1 Å². The van der Waals surface area contributed by atoms with Crippen molar-refractivity contribution in [3.63, 3.8) is 0 Å². The van der Waals surface area contributed by atoms with Gasteiger partial charge in [0.1, 0.15) is 5.75 Å². The fraction of sp³-hybridized carbons (Fsp3) is 0.0909. The number of aromatic carboxylic acids is 1. The number of carbonyl (C=O) groups excluding carboxylic acids is 1. The number of rotatable bonds is 5. The molecule has 0 saturated carbocycles. The lowest BCUT2D eigenvalue weighted by atomic mass is 9.96. The molecule has 0 unspecified atom stereocenters. The number of anilines is 2. The molecule has 0 aliphatic heterocycles. The maximum atomic E-state index is 12.8. The van der Waals surface area contributed by atoms with Crippen LogP contribution >= 0.6 is 0 Å². The van der Waals surface area contributed by atoms with Gasteiger partial charge in [-0.25, -0.2) is 4.79 Å². The molecule has 0 bridgehead atoms. The number of hydrogen-bond acceptors (Lipinski definition) is 4. The van der Waals surface area contributed by atoms with Crippen molar-refractivity contribution in [2.75, 3.05) is 5.32 Å². The van der Waals surface area contributed by atoms with Gasteiger partial charge in [-0.05, 0) is 50.2 Å². The normalized spacial score (nSPS) is 10.4. The van der Waals surface area contributed by atoms with Crippen LogP contribution in [0.1, 0.15) is 37.4 Å². The van der Waals surface area contributed by atoms with E-state index in [0.717, 1.165) is 16.8 Å². The molecule has 5 heteroatoms. The second-order valence-corrected chi connectivity index (χ2v) is 6.41. The lowest BCUT2D eigenvalue weighted by Crippen LogP contribution is -2.10. The molecule has 0 spiro atoms. The highest BCUT2D eigenvalue weighted by molar-refractivity contribution is 6.15. The van der Waals surface area contributed by atoms with E-state index in [9.17, 15) is 19.8 Å². The van der Waals surface area contributed by atoms with Crippen molar-refractivity contribution in [1.82, 2.24) is 0 Å². The van der Waals surface area contributed by atoms with Crippen LogP contribution in [0.4, 0.5) is 11.4 Å². The van der Waals surface area contributed by atoms with E-state index in [4.69, 9.17) is 0 Å². The number of carboxylic acid groups (broad SMARTS) is 1. The quantitative estimate of drug-likeness (QED) is 0.574. The van der Waals surface area contributed by atoms with Crippen LogP contribution in [0.5, 0.6) is 5.75 Å². The first-order valence-corrected chi connectivity index (χ1v) is 8.40. The first-order valence-electron chi connectivity index (χ1n) is 8.40. The summed E-state index contributed by atoms with van der Waals surface area (Å²) in [6.45, 7) is 3.77. The fourth-order valence-corrected chi connectivity index (χ4v) is 2.78. The number of ketones is 1. The van der Waals surface area contributed by atoms with Crippen LogP contribution in [0, 0.1) is 13.8 Å². The van der Waals surface area contributed by atoms with Gasteiger partial charge in [0.2, 0.25) is 0 Å². The van der Waals surface area contributed by atoms with Crippen molar-refractivity contribution in [2.24, 2.45) is 0 Å². The van der Waals surface area contributed by atoms with Crippen molar-refractivity contribution in [3.05, 3.63) is 88.5 Å². The Labute approximate surface area is 156 Å². The van der Waals surface area contributed by atoms with Crippen molar-refractivity contribution in [2.45, 2.75) is 13.8 Å². The summed E-state index contributed by atoms with van der Waals surface area (Å²) in [6, 6.07) is 16.9. The van der Waals surface area contributed by atoms with E-state index in [2.05, 4.69) is 5.32 Å². The summed E-state index contributed by atoms with van der Waals surface area (Å²) in [5.74, 6) is -1.93. The zero-order valence-corrected chi connectivity index (χ0v) is 15.0. The van der Waals surface area contributed by atoms with Crippen molar-refractivity contribution in [3.8, 4) is 5.75 Å². The molecule has 0 atom stereocenters. The molecule has 0 aliphatic carbocycles. The monoisotopic (exact) mass is 361 g/mol. The van der Waals surface area contributed by atoms with Crippen LogP contribution in [0.3, 0.4) is 0 Å². The second kappa shape index (κ2) is 7.33. The van der Waals surface area contributed by atoms with Gasteiger partial charge in [0.15, 0.2) is 5.78 Å². The van der Waals surface area contributed by atoms with Crippen LogP contribution in [0.15, 0.2) is 60.7 Å². The third kappa shape index (κ3) is 3.98. The van der Waals surface area contributed by atoms with Gasteiger partial charge in [0.25, 0.3) is 0 Å². The molecule has 136 valence electrons. The van der Waals surface area contributed by atoms with Crippen LogP contribution in [0.2, 0.25) is 0 Å². The number of phenols is 1. The molecule has 5 nitrogen and oxygen atoms in total. The Morgan fingerprint density at radius 3 is 1.96 bits per heavy atom. The Bertz CT molecular complexity index is 1020. The summed E-state index contributed by atoms with van der Waals surface area (Å²) in [5.41, 5.74) is 3.39. The zero-order valence-electron chi connectivity index (χ0n) is 15.0. The highest BCUT2D eigenvalue weighted by Crippen LogP contribution is 2.28. The molecule has 3 aromatic carbocycles. The number of phenolic OH excluding ortho intramolecular Hbond substituents is 1. The minimum absolute atomic E-state index is 0.0528. The number of benzene rings is 3. The topological polar surface area (TPSA) is 86.6 Å². The van der Waals surface area contributed by atoms with E-state index in [0.29, 0.717) is 5.69 Å². The van der Waals surface area contributed by atoms with Crippen molar-refractivity contribution >= 4 is 23.1 Å². The average Bonchev–Trinajstić information content (AvgIpc) is 2.63. The van der Waals surface area contributed by atoms with Gasteiger partial charge in [-0.3, -0.25) is 4.79 Å². The number of carboxylic acids is 1. The Balaban J connectivity index is 1.92. The Morgan fingerprint density at radius 1 is 0.741 bits per heavy atom. The van der Waals surface area contributed by atoms with E-state index in [1.807, 2.05) is 31.2 Å². The molecule has 3 N–H and O–H groups in total. The smallest absolute Gasteiger partial charge is 0.336 e. The molecule has 0 amide bonds. The SMILES string of the molecule is Cc1ccc(Nc2ccc(C(=O)c3cc(C)ccc3C(=O)O)c(O)c2)cc1. The Hall–Kier alpha value is -3.60. The number of carbonyl (C=O) groups is 2. The number of aryl methyl sites for hydroxylation is 2. The molecule has 3 aromatic rings. The van der Waals surface area contributed by atoms with Gasteiger partial charge in [-0.15, -0.1) is 0 Å². The van der Waals surface area contributed by atoms with E-state index < -0.39 is 11.8 Å². The Morgan fingerprint density at radius 2 is 1.33 bits per heavy atom. The van der Waals surface area contributed by atoms with Crippen LogP contribution in [-0.4, -0.2) is 22.0 Å². The number of hydrogen-bond donors (Lipinski definition) is 3. The first kappa shape index (κ1) is 18.2. The van der Waals surface area contributed by atoms with Crippen LogP contribution in [-0.2, 0) is 0 Å². The molecule has 0 fully saturated rings. The number of aromatic hydroxyl groups is 1. The van der Waals surface area contributed by atoms with Crippen molar-refractivity contribution < 1.29 is 19.8 Å². The Kier molecular flexibility index (Phi) is 4.94. The molecular formula is C22H19NO4. The molecular weight excluding hydrogens is 342 g/mol. The number of nitrogens with one attached hydrogen (secondary N) is 1. The largest absolute Gasteiger partial charge is 0.507 e. The zero-order chi connectivity index (χ0) is 19.6. The van der Waals surface area contributed by atoms with Gasteiger partial charge in [0.05, 0.1) is 11.1 Å². The fourth-order valence-electron chi connectivity index (χ4n) is 2.78. The molecule has 27 heavy (non-hydrogen) atoms. The van der Waals surface area contributed by atoms with Crippen LogP contribution < -0.4 is 5.32 Å². The second-order valence-electron chi connectivity index (χ2n) is 6.41. The minimum atomic E-state index is -1.18. The molecule has 0 aromatic heterocycles. The lowest BCUT2D eigenvalue weighted by molar-refractivity contribution is 0.0692. The van der Waals surface area contributed by atoms with Gasteiger partial charge < -0.3 is 15.5 Å². The maximum Gasteiger partial charge on any atom is 0.336 e. The van der Waals surface area contributed by atoms with E-state index >= 15 is 0 Å². The third-order valence-corrected chi connectivity index (χ3v) is 4.23. The summed E-state index contributed by atoms with van der Waals surface area (Å²) in [4.78, 5) is 24.2. The summed E-state index contributed by atoms with van der Waals surface area (Å²) in [6.07, 6.45) is 0. The molecule has 3 rings (SSSR count). The van der Waals surface area contributed by atoms with Gasteiger partial charge >= 0.3 is 5.97 Å². The molecule has 0 radical (unpaired) electrons. The van der Waals surface area contributed by atoms with Gasteiger partial charge in [-0.1, -0.05) is 29.3 Å². The average molecular weight is 361 g/mol. The summed E-state index contributed by atoms with van der Waals surface area (Å²) in [5, 5.41) is 22.8. The highest BCUT2D eigenvalue weighted by Gasteiger charge is 2.20. The summed E-state index contributed by atoms with van der Waals surface area (Å²) < 4.78 is 0. The van der Waals surface area contributed by atoms with Gasteiger partial charge in [0, 0.05) is 23.0 Å². The maximum absolute atomic E-state index is 12.8. The molecule has 0 saturated heterocycles. The standard InChI is InChI=1S/C22H19NO4/c1-13-3-6-15(7-4-13)23-16-8-10-18(20(24)12-16)21(25)19-11-14(2)5-9-17(19)22(26)27/h3-12,23-24H,1-2H3,(H,26,27). The van der Waals surface area contributed by atoms with Gasteiger partial charge in [-0.2, -0.15) is 0 Å². The minimum Gasteiger partial charge on any atom is -0.507 e. The highest BCUT2D eigenvalue weighted by atomic mass is 16.4. The molecule has 0 heterocycles. The summed E-state index contributed by atoms with van der Waals surface area (Å²) in [7, 11) is 0.